The summed E-state index contributed by atoms with van der Waals surface area (Å²) in [4.78, 5) is 15.9. The number of carbonyl (C=O) groups is 1. The van der Waals surface area contributed by atoms with Crippen molar-refractivity contribution in [2.45, 2.75) is 6.54 Å². The molecule has 0 saturated carbocycles. The highest BCUT2D eigenvalue weighted by Gasteiger charge is 2.06. The third kappa shape index (κ3) is 2.89. The molecule has 86 valence electrons. The maximum Gasteiger partial charge on any atom is 0.255 e. The molecule has 0 aliphatic carbocycles. The molecule has 0 aliphatic heterocycles. The number of carbonyl (C=O) groups excluding carboxylic acids is 1. The minimum absolute atomic E-state index is 0.159. The average Bonchev–Trinajstić information content (AvgIpc) is 2.40. The molecule has 0 unspecified atom stereocenters. The first kappa shape index (κ1) is 11.3. The smallest absolute Gasteiger partial charge is 0.255 e. The molecule has 0 aliphatic rings. The Labute approximate surface area is 99.5 Å². The maximum atomic E-state index is 11.9. The van der Waals surface area contributed by atoms with Gasteiger partial charge in [-0.2, -0.15) is 0 Å². The van der Waals surface area contributed by atoms with Crippen molar-refractivity contribution in [2.75, 3.05) is 5.32 Å². The Hall–Kier alpha value is -2.20. The van der Waals surface area contributed by atoms with Gasteiger partial charge in [-0.1, -0.05) is 18.2 Å². The first-order chi connectivity index (χ1) is 8.29. The summed E-state index contributed by atoms with van der Waals surface area (Å²) in [5.74, 6) is -0.159. The number of benzene rings is 1. The fraction of sp³-hybridized carbons (Fsp3) is 0.0769. The number of anilines is 1. The summed E-state index contributed by atoms with van der Waals surface area (Å²) in [6.07, 6.45) is 1.59. The normalized spacial score (nSPS) is 9.94. The average molecular weight is 227 g/mol. The molecule has 4 heteroatoms. The van der Waals surface area contributed by atoms with E-state index in [9.17, 15) is 4.79 Å². The Kier molecular flexibility index (Phi) is 3.47. The molecule has 2 rings (SSSR count). The highest BCUT2D eigenvalue weighted by Crippen LogP contribution is 2.08. The molecule has 0 spiro atoms. The van der Waals surface area contributed by atoms with Gasteiger partial charge in [-0.25, -0.2) is 0 Å². The van der Waals surface area contributed by atoms with Crippen LogP contribution >= 0.6 is 0 Å². The summed E-state index contributed by atoms with van der Waals surface area (Å²) >= 11 is 0. The molecule has 0 fully saturated rings. The zero-order valence-electron chi connectivity index (χ0n) is 9.26. The van der Waals surface area contributed by atoms with E-state index >= 15 is 0 Å². The molecule has 0 atom stereocenters. The molecule has 0 radical (unpaired) electrons. The van der Waals surface area contributed by atoms with Crippen molar-refractivity contribution in [1.82, 2.24) is 4.98 Å². The molecule has 17 heavy (non-hydrogen) atoms. The molecule has 2 aromatic rings. The minimum atomic E-state index is -0.159. The maximum absolute atomic E-state index is 11.9. The fourth-order valence-electron chi connectivity index (χ4n) is 1.46. The predicted octanol–water partition coefficient (Wildman–Crippen LogP) is 1.79. The van der Waals surface area contributed by atoms with Crippen LogP contribution in [0.5, 0.6) is 0 Å². The molecule has 1 aromatic carbocycles. The quantitative estimate of drug-likeness (QED) is 0.840. The van der Waals surface area contributed by atoms with E-state index in [1.165, 1.54) is 0 Å². The van der Waals surface area contributed by atoms with E-state index in [4.69, 9.17) is 5.73 Å². The van der Waals surface area contributed by atoms with Gasteiger partial charge < -0.3 is 11.1 Å². The van der Waals surface area contributed by atoms with Crippen molar-refractivity contribution in [3.8, 4) is 0 Å². The summed E-state index contributed by atoms with van der Waals surface area (Å²) in [6, 6.07) is 12.7. The van der Waals surface area contributed by atoms with Crippen LogP contribution in [0, 0.1) is 0 Å². The van der Waals surface area contributed by atoms with Crippen LogP contribution in [0.3, 0.4) is 0 Å². The Morgan fingerprint density at radius 1 is 1.24 bits per heavy atom. The van der Waals surface area contributed by atoms with Gasteiger partial charge in [0.05, 0.1) is 5.69 Å². The van der Waals surface area contributed by atoms with Crippen molar-refractivity contribution < 1.29 is 4.79 Å². The van der Waals surface area contributed by atoms with Gasteiger partial charge in [0.15, 0.2) is 0 Å². The fourth-order valence-corrected chi connectivity index (χ4v) is 1.46. The van der Waals surface area contributed by atoms with E-state index in [0.29, 0.717) is 17.8 Å². The molecule has 1 heterocycles. The summed E-state index contributed by atoms with van der Waals surface area (Å²) in [5, 5.41) is 2.80. The van der Waals surface area contributed by atoms with Crippen molar-refractivity contribution in [3.63, 3.8) is 0 Å². The number of nitrogens with zero attached hydrogens (tertiary/aromatic N) is 1. The summed E-state index contributed by atoms with van der Waals surface area (Å²) < 4.78 is 0. The molecule has 0 bridgehead atoms. The highest BCUT2D eigenvalue weighted by atomic mass is 16.1. The van der Waals surface area contributed by atoms with Crippen LogP contribution in [0.1, 0.15) is 16.1 Å². The second-order valence-electron chi connectivity index (χ2n) is 3.56. The first-order valence-corrected chi connectivity index (χ1v) is 5.31. The van der Waals surface area contributed by atoms with Gasteiger partial charge in [0, 0.05) is 24.0 Å². The summed E-state index contributed by atoms with van der Waals surface area (Å²) in [7, 11) is 0. The van der Waals surface area contributed by atoms with Gasteiger partial charge in [0.25, 0.3) is 5.91 Å². The Balaban J connectivity index is 2.14. The van der Waals surface area contributed by atoms with E-state index in [2.05, 4.69) is 10.3 Å². The lowest BCUT2D eigenvalue weighted by atomic mass is 10.2. The number of hydrogen-bond acceptors (Lipinski definition) is 3. The lowest BCUT2D eigenvalue weighted by Crippen LogP contribution is -2.13. The van der Waals surface area contributed by atoms with E-state index < -0.39 is 0 Å². The molecule has 4 nitrogen and oxygen atoms in total. The number of para-hydroxylation sites is 1. The second-order valence-corrected chi connectivity index (χ2v) is 3.56. The number of amides is 1. The largest absolute Gasteiger partial charge is 0.325 e. The van der Waals surface area contributed by atoms with Crippen molar-refractivity contribution in [1.29, 1.82) is 0 Å². The number of aromatic nitrogens is 1. The van der Waals surface area contributed by atoms with E-state index in [-0.39, 0.29) is 5.91 Å². The van der Waals surface area contributed by atoms with Crippen LogP contribution in [0.25, 0.3) is 0 Å². The molecule has 3 N–H and O–H groups in total. The van der Waals surface area contributed by atoms with Crippen molar-refractivity contribution >= 4 is 11.6 Å². The molecule has 1 aromatic heterocycles. The van der Waals surface area contributed by atoms with Crippen molar-refractivity contribution in [3.05, 3.63) is 59.9 Å². The Morgan fingerprint density at radius 2 is 2.00 bits per heavy atom. The van der Waals surface area contributed by atoms with Crippen LogP contribution in [0.15, 0.2) is 48.7 Å². The molecule has 0 saturated heterocycles. The van der Waals surface area contributed by atoms with Gasteiger partial charge in [-0.3, -0.25) is 9.78 Å². The third-order valence-corrected chi connectivity index (χ3v) is 2.32. The SMILES string of the molecule is NCc1cc(C(=O)Nc2ccccc2)ccn1. The lowest BCUT2D eigenvalue weighted by Gasteiger charge is -2.05. The number of hydrogen-bond donors (Lipinski definition) is 2. The zero-order valence-corrected chi connectivity index (χ0v) is 9.26. The minimum Gasteiger partial charge on any atom is -0.325 e. The molecular weight excluding hydrogens is 214 g/mol. The number of nitrogens with two attached hydrogens (primary N) is 1. The Morgan fingerprint density at radius 3 is 2.71 bits per heavy atom. The number of pyridine rings is 1. The van der Waals surface area contributed by atoms with Crippen LogP contribution in [-0.4, -0.2) is 10.9 Å². The van der Waals surface area contributed by atoms with Gasteiger partial charge in [-0.05, 0) is 24.3 Å². The monoisotopic (exact) mass is 227 g/mol. The highest BCUT2D eigenvalue weighted by molar-refractivity contribution is 6.04. The molecule has 1 amide bonds. The van der Waals surface area contributed by atoms with E-state index in [0.717, 1.165) is 5.69 Å². The van der Waals surface area contributed by atoms with Crippen LogP contribution in [0.4, 0.5) is 5.69 Å². The standard InChI is InChI=1S/C13H13N3O/c14-9-12-8-10(6-7-15-12)13(17)16-11-4-2-1-3-5-11/h1-8H,9,14H2,(H,16,17). The zero-order chi connectivity index (χ0) is 12.1. The second kappa shape index (κ2) is 5.23. The lowest BCUT2D eigenvalue weighted by molar-refractivity contribution is 0.102. The van der Waals surface area contributed by atoms with Gasteiger partial charge in [0.1, 0.15) is 0 Å². The first-order valence-electron chi connectivity index (χ1n) is 5.31. The van der Waals surface area contributed by atoms with E-state index in [1.807, 2.05) is 30.3 Å². The van der Waals surface area contributed by atoms with Gasteiger partial charge in [-0.15, -0.1) is 0 Å². The van der Waals surface area contributed by atoms with Gasteiger partial charge >= 0.3 is 0 Å². The Bertz CT molecular complexity index is 511. The molecular formula is C13H13N3O. The number of rotatable bonds is 3. The summed E-state index contributed by atoms with van der Waals surface area (Å²) in [5.41, 5.74) is 7.50. The predicted molar refractivity (Wildman–Crippen MR) is 66.5 cm³/mol. The summed E-state index contributed by atoms with van der Waals surface area (Å²) in [6.45, 7) is 0.326. The van der Waals surface area contributed by atoms with Crippen molar-refractivity contribution in [2.24, 2.45) is 5.73 Å². The van der Waals surface area contributed by atoms with Crippen LogP contribution in [-0.2, 0) is 6.54 Å². The topological polar surface area (TPSA) is 68.0 Å². The van der Waals surface area contributed by atoms with Crippen LogP contribution in [0.2, 0.25) is 0 Å². The van der Waals surface area contributed by atoms with Gasteiger partial charge in [0.2, 0.25) is 0 Å². The van der Waals surface area contributed by atoms with Crippen LogP contribution < -0.4 is 11.1 Å². The third-order valence-electron chi connectivity index (χ3n) is 2.32. The number of nitrogens with one attached hydrogen (secondary N) is 1. The van der Waals surface area contributed by atoms with E-state index in [1.54, 1.807) is 18.3 Å².